The molecule has 1 fully saturated rings. The zero-order valence-electron chi connectivity index (χ0n) is 27.9. The second-order valence-corrected chi connectivity index (χ2v) is 15.0. The summed E-state index contributed by atoms with van der Waals surface area (Å²) in [5.74, 6) is -0.324. The summed E-state index contributed by atoms with van der Waals surface area (Å²) in [6.45, 7) is 6.03. The van der Waals surface area contributed by atoms with Crippen LogP contribution in [0.2, 0.25) is 0 Å². The number of carbonyl (C=O) groups excluding carboxylic acids is 2. The maximum Gasteiger partial charge on any atom is 0.261 e. The van der Waals surface area contributed by atoms with E-state index < -0.39 is 22.2 Å². The molecule has 2 amide bonds. The fourth-order valence-corrected chi connectivity index (χ4v) is 7.25. The number of nitrogens with zero attached hydrogens (tertiary/aromatic N) is 4. The SMILES string of the molecule is C[C@@H]1CN([C@@H](C)CO)C(=O)c2cc(NC(=O)C3CCCCC3)ccc2O[C@@H](C)CCCCO[C@H]1CN(C)S(=O)(=O)c1cn(C)cn1. The molecule has 2 heterocycles. The average Bonchev–Trinajstić information content (AvgIpc) is 3.49. The van der Waals surface area contributed by atoms with Crippen LogP contribution >= 0.6 is 0 Å². The molecule has 46 heavy (non-hydrogen) atoms. The quantitative estimate of drug-likeness (QED) is 0.432. The smallest absolute Gasteiger partial charge is 0.261 e. The number of aryl methyl sites for hydroxylation is 1. The summed E-state index contributed by atoms with van der Waals surface area (Å²) in [5, 5.41) is 13.2. The molecule has 4 rings (SSSR count). The van der Waals surface area contributed by atoms with Gasteiger partial charge in [0.05, 0.1) is 36.7 Å². The number of anilines is 1. The Hall–Kier alpha value is -3.00. The molecule has 0 unspecified atom stereocenters. The van der Waals surface area contributed by atoms with E-state index in [0.29, 0.717) is 23.6 Å². The summed E-state index contributed by atoms with van der Waals surface area (Å²) < 4.78 is 42.0. The van der Waals surface area contributed by atoms with Crippen molar-refractivity contribution in [3.8, 4) is 5.75 Å². The van der Waals surface area contributed by atoms with Gasteiger partial charge in [-0.3, -0.25) is 9.59 Å². The van der Waals surface area contributed by atoms with E-state index in [1.54, 1.807) is 41.6 Å². The molecule has 0 radical (unpaired) electrons. The topological polar surface area (TPSA) is 143 Å². The highest BCUT2D eigenvalue weighted by molar-refractivity contribution is 7.89. The molecular formula is C33H51N5O7S. The fourth-order valence-electron chi connectivity index (χ4n) is 6.11. The maximum absolute atomic E-state index is 14.3. The van der Waals surface area contributed by atoms with Crippen LogP contribution in [-0.2, 0) is 26.6 Å². The van der Waals surface area contributed by atoms with Gasteiger partial charge >= 0.3 is 0 Å². The van der Waals surface area contributed by atoms with Crippen molar-refractivity contribution >= 4 is 27.5 Å². The van der Waals surface area contributed by atoms with Gasteiger partial charge in [-0.05, 0) is 64.2 Å². The highest BCUT2D eigenvalue weighted by Gasteiger charge is 2.33. The van der Waals surface area contributed by atoms with Gasteiger partial charge in [-0.2, -0.15) is 4.31 Å². The number of amides is 2. The predicted octanol–water partition coefficient (Wildman–Crippen LogP) is 4.06. The van der Waals surface area contributed by atoms with E-state index in [1.165, 1.54) is 23.9 Å². The molecule has 2 N–H and O–H groups in total. The van der Waals surface area contributed by atoms with Crippen LogP contribution in [0.1, 0.15) is 82.5 Å². The number of fused-ring (bicyclic) bond motifs is 1. The first-order valence-electron chi connectivity index (χ1n) is 16.5. The van der Waals surface area contributed by atoms with Crippen LogP contribution in [0.5, 0.6) is 5.75 Å². The zero-order chi connectivity index (χ0) is 33.4. The Morgan fingerprint density at radius 2 is 1.87 bits per heavy atom. The Bertz CT molecular complexity index is 1430. The number of hydrogen-bond donors (Lipinski definition) is 2. The van der Waals surface area contributed by atoms with Crippen LogP contribution in [-0.4, -0.2) is 95.7 Å². The summed E-state index contributed by atoms with van der Waals surface area (Å²) >= 11 is 0. The van der Waals surface area contributed by atoms with Gasteiger partial charge in [0.15, 0.2) is 5.03 Å². The van der Waals surface area contributed by atoms with Crippen molar-refractivity contribution in [3.63, 3.8) is 0 Å². The molecule has 1 aliphatic carbocycles. The molecule has 12 nitrogen and oxygen atoms in total. The van der Waals surface area contributed by atoms with Gasteiger partial charge in [0.25, 0.3) is 15.9 Å². The van der Waals surface area contributed by atoms with E-state index in [9.17, 15) is 23.1 Å². The second kappa shape index (κ2) is 16.2. The number of imidazole rings is 1. The highest BCUT2D eigenvalue weighted by Crippen LogP contribution is 2.30. The number of sulfonamides is 1. The molecular weight excluding hydrogens is 610 g/mol. The lowest BCUT2D eigenvalue weighted by Crippen LogP contribution is -2.48. The second-order valence-electron chi connectivity index (χ2n) is 13.0. The number of aliphatic hydroxyl groups excluding tert-OH is 1. The van der Waals surface area contributed by atoms with Crippen molar-refractivity contribution < 1.29 is 32.6 Å². The number of benzene rings is 1. The number of aliphatic hydroxyl groups is 1. The molecule has 4 atom stereocenters. The third kappa shape index (κ3) is 9.08. The Morgan fingerprint density at radius 1 is 1.15 bits per heavy atom. The van der Waals surface area contributed by atoms with Gasteiger partial charge in [0, 0.05) is 57.5 Å². The molecule has 0 spiro atoms. The number of rotatable bonds is 8. The number of nitrogens with one attached hydrogen (secondary N) is 1. The van der Waals surface area contributed by atoms with Crippen molar-refractivity contribution in [1.29, 1.82) is 0 Å². The number of likely N-dealkylation sites (N-methyl/N-ethyl adjacent to an activating group) is 1. The monoisotopic (exact) mass is 661 g/mol. The number of hydrogen-bond acceptors (Lipinski definition) is 8. The Balaban J connectivity index is 1.63. The summed E-state index contributed by atoms with van der Waals surface area (Å²) in [7, 11) is -0.656. The largest absolute Gasteiger partial charge is 0.490 e. The van der Waals surface area contributed by atoms with Crippen LogP contribution in [0.15, 0.2) is 35.7 Å². The normalized spacial score (nSPS) is 23.3. The maximum atomic E-state index is 14.3. The van der Waals surface area contributed by atoms with Gasteiger partial charge in [-0.15, -0.1) is 0 Å². The van der Waals surface area contributed by atoms with Crippen LogP contribution in [0.4, 0.5) is 5.69 Å². The lowest BCUT2D eigenvalue weighted by Gasteiger charge is -2.35. The molecule has 1 aromatic heterocycles. The number of ether oxygens (including phenoxy) is 2. The number of aromatic nitrogens is 2. The first-order chi connectivity index (χ1) is 21.9. The van der Waals surface area contributed by atoms with Crippen molar-refractivity contribution in [2.45, 2.75) is 95.4 Å². The fraction of sp³-hybridized carbons (Fsp3) is 0.667. The number of carbonyl (C=O) groups is 2. The van der Waals surface area contributed by atoms with Crippen molar-refractivity contribution in [2.24, 2.45) is 18.9 Å². The van der Waals surface area contributed by atoms with Gasteiger partial charge in [-0.1, -0.05) is 26.2 Å². The summed E-state index contributed by atoms with van der Waals surface area (Å²) in [4.78, 5) is 33.0. The van der Waals surface area contributed by atoms with E-state index in [-0.39, 0.29) is 54.5 Å². The Morgan fingerprint density at radius 3 is 2.54 bits per heavy atom. The molecule has 256 valence electrons. The molecule has 1 aliphatic heterocycles. The van der Waals surface area contributed by atoms with Gasteiger partial charge in [0.2, 0.25) is 5.91 Å². The predicted molar refractivity (Wildman–Crippen MR) is 175 cm³/mol. The molecule has 1 saturated carbocycles. The van der Waals surface area contributed by atoms with Gasteiger partial charge < -0.3 is 29.4 Å². The third-order valence-electron chi connectivity index (χ3n) is 9.09. The molecule has 0 bridgehead atoms. The molecule has 13 heteroatoms. The minimum Gasteiger partial charge on any atom is -0.490 e. The van der Waals surface area contributed by atoms with E-state index in [1.807, 2.05) is 13.8 Å². The van der Waals surface area contributed by atoms with Crippen LogP contribution in [0, 0.1) is 11.8 Å². The minimum atomic E-state index is -3.87. The standard InChI is InChI=1S/C33H51N5O7S/c1-23-18-38(24(2)21-39)33(41)28-17-27(35-32(40)26-12-7-6-8-13-26)14-15-29(28)45-25(3)11-9-10-16-44-30(23)19-37(5)46(42,43)31-20-36(4)22-34-31/h14-15,17,20,22-26,30,39H,6-13,16,18-19,21H2,1-5H3,(H,35,40)/t23-,24+,25+,30+/m1/s1. The highest BCUT2D eigenvalue weighted by atomic mass is 32.2. The summed E-state index contributed by atoms with van der Waals surface area (Å²) in [6, 6.07) is 4.62. The van der Waals surface area contributed by atoms with E-state index in [2.05, 4.69) is 10.3 Å². The first kappa shape index (κ1) is 35.8. The minimum absolute atomic E-state index is 0.0405. The zero-order valence-corrected chi connectivity index (χ0v) is 28.7. The lowest BCUT2D eigenvalue weighted by molar-refractivity contribution is -0.120. The van der Waals surface area contributed by atoms with Gasteiger partial charge in [-0.25, -0.2) is 13.4 Å². The van der Waals surface area contributed by atoms with Gasteiger partial charge in [0.1, 0.15) is 5.75 Å². The van der Waals surface area contributed by atoms with Crippen LogP contribution in [0.25, 0.3) is 0 Å². The molecule has 2 aliphatic rings. The van der Waals surface area contributed by atoms with Crippen LogP contribution in [0.3, 0.4) is 0 Å². The van der Waals surface area contributed by atoms with E-state index in [4.69, 9.17) is 9.47 Å². The van der Waals surface area contributed by atoms with Crippen LogP contribution < -0.4 is 10.1 Å². The van der Waals surface area contributed by atoms with Crippen molar-refractivity contribution in [3.05, 3.63) is 36.3 Å². The molecule has 2 aromatic rings. The van der Waals surface area contributed by atoms with E-state index >= 15 is 0 Å². The van der Waals surface area contributed by atoms with Crippen molar-refractivity contribution in [2.75, 3.05) is 38.7 Å². The molecule has 0 saturated heterocycles. The summed E-state index contributed by atoms with van der Waals surface area (Å²) in [6.07, 6.45) is 9.40. The Kier molecular flexibility index (Phi) is 12.6. The Labute approximate surface area is 273 Å². The average molecular weight is 662 g/mol. The van der Waals surface area contributed by atoms with Crippen molar-refractivity contribution in [1.82, 2.24) is 18.8 Å². The summed E-state index contributed by atoms with van der Waals surface area (Å²) in [5.41, 5.74) is 0.817. The third-order valence-corrected chi connectivity index (χ3v) is 10.8. The first-order valence-corrected chi connectivity index (χ1v) is 17.9. The van der Waals surface area contributed by atoms with E-state index in [0.717, 1.165) is 51.4 Å². The molecule has 1 aromatic carbocycles. The lowest BCUT2D eigenvalue weighted by atomic mass is 9.88.